The molecule has 0 aromatic heterocycles. The highest BCUT2D eigenvalue weighted by Crippen LogP contribution is 2.34. The van der Waals surface area contributed by atoms with Gasteiger partial charge in [-0.2, -0.15) is 0 Å². The van der Waals surface area contributed by atoms with E-state index in [1.54, 1.807) is 12.1 Å². The zero-order valence-corrected chi connectivity index (χ0v) is 15.7. The van der Waals surface area contributed by atoms with E-state index in [1.807, 2.05) is 34.1 Å². The predicted octanol–water partition coefficient (Wildman–Crippen LogP) is 3.04. The molecule has 142 valence electrons. The first-order valence-corrected chi connectivity index (χ1v) is 9.99. The van der Waals surface area contributed by atoms with Crippen molar-refractivity contribution in [3.63, 3.8) is 0 Å². The molecule has 0 atom stereocenters. The van der Waals surface area contributed by atoms with Crippen molar-refractivity contribution in [1.29, 1.82) is 0 Å². The van der Waals surface area contributed by atoms with E-state index in [2.05, 4.69) is 0 Å². The van der Waals surface area contributed by atoms with Crippen molar-refractivity contribution < 1.29 is 18.7 Å². The van der Waals surface area contributed by atoms with E-state index in [0.29, 0.717) is 50.8 Å². The summed E-state index contributed by atoms with van der Waals surface area (Å²) in [7, 11) is 0. The van der Waals surface area contributed by atoms with Gasteiger partial charge < -0.3 is 19.3 Å². The third-order valence-corrected chi connectivity index (χ3v) is 5.68. The molecule has 2 aliphatic rings. The number of hydrogen-bond acceptors (Lipinski definition) is 5. The molecule has 4 rings (SSSR count). The Kier molecular flexibility index (Phi) is 5.38. The second-order valence-electron chi connectivity index (χ2n) is 6.41. The molecule has 2 aliphatic heterocycles. The molecule has 0 unspecified atom stereocenters. The number of benzene rings is 2. The maximum Gasteiger partial charge on any atom is 0.233 e. The van der Waals surface area contributed by atoms with Crippen LogP contribution in [0.25, 0.3) is 0 Å². The number of piperazine rings is 1. The molecule has 0 spiro atoms. The van der Waals surface area contributed by atoms with Crippen LogP contribution in [-0.4, -0.2) is 56.0 Å². The molecular weight excluding hydrogens is 367 g/mol. The second-order valence-corrected chi connectivity index (χ2v) is 7.46. The quantitative estimate of drug-likeness (QED) is 0.753. The third-order valence-electron chi connectivity index (χ3n) is 4.70. The van der Waals surface area contributed by atoms with Gasteiger partial charge in [0.15, 0.2) is 11.5 Å². The SMILES string of the molecule is O=C(CSc1ccc2c(c1)OCCO2)N1CCN(c2ccccc2F)CC1. The number of rotatable bonds is 4. The minimum atomic E-state index is -0.216. The van der Waals surface area contributed by atoms with Gasteiger partial charge in [-0.3, -0.25) is 4.79 Å². The summed E-state index contributed by atoms with van der Waals surface area (Å²) >= 11 is 1.49. The minimum absolute atomic E-state index is 0.100. The fourth-order valence-electron chi connectivity index (χ4n) is 3.25. The zero-order valence-electron chi connectivity index (χ0n) is 14.9. The fourth-order valence-corrected chi connectivity index (χ4v) is 4.08. The first kappa shape index (κ1) is 18.0. The lowest BCUT2D eigenvalue weighted by atomic mass is 10.2. The van der Waals surface area contributed by atoms with Gasteiger partial charge in [0.2, 0.25) is 5.91 Å². The number of carbonyl (C=O) groups excluding carboxylic acids is 1. The summed E-state index contributed by atoms with van der Waals surface area (Å²) < 4.78 is 25.0. The Morgan fingerprint density at radius 1 is 1.00 bits per heavy atom. The van der Waals surface area contributed by atoms with Gasteiger partial charge in [-0.25, -0.2) is 4.39 Å². The summed E-state index contributed by atoms with van der Waals surface area (Å²) in [5.74, 6) is 1.74. The molecule has 1 fully saturated rings. The first-order valence-electron chi connectivity index (χ1n) is 9.00. The minimum Gasteiger partial charge on any atom is -0.486 e. The van der Waals surface area contributed by atoms with Gasteiger partial charge in [-0.05, 0) is 30.3 Å². The van der Waals surface area contributed by atoms with E-state index in [1.165, 1.54) is 17.8 Å². The third kappa shape index (κ3) is 4.13. The number of carbonyl (C=O) groups is 1. The fraction of sp³-hybridized carbons (Fsp3) is 0.350. The molecule has 5 nitrogen and oxygen atoms in total. The Hall–Kier alpha value is -2.41. The maximum atomic E-state index is 13.9. The van der Waals surface area contributed by atoms with Crippen molar-refractivity contribution in [3.8, 4) is 11.5 Å². The van der Waals surface area contributed by atoms with Gasteiger partial charge in [-0.15, -0.1) is 11.8 Å². The van der Waals surface area contributed by atoms with Crippen LogP contribution in [-0.2, 0) is 4.79 Å². The first-order chi connectivity index (χ1) is 13.2. The number of halogens is 1. The topological polar surface area (TPSA) is 42.0 Å². The molecule has 1 saturated heterocycles. The number of anilines is 1. The van der Waals surface area contributed by atoms with Crippen LogP contribution in [0, 0.1) is 5.82 Å². The van der Waals surface area contributed by atoms with E-state index < -0.39 is 0 Å². The molecule has 7 heteroatoms. The van der Waals surface area contributed by atoms with Gasteiger partial charge in [0, 0.05) is 31.1 Å². The number of fused-ring (bicyclic) bond motifs is 1. The van der Waals surface area contributed by atoms with Crippen molar-refractivity contribution >= 4 is 23.4 Å². The van der Waals surface area contributed by atoms with Crippen molar-refractivity contribution in [2.24, 2.45) is 0 Å². The molecule has 1 amide bonds. The number of thioether (sulfide) groups is 1. The molecule has 0 saturated carbocycles. The standard InChI is InChI=1S/C20H21FN2O3S/c21-16-3-1-2-4-17(16)22-7-9-23(10-8-22)20(24)14-27-15-5-6-18-19(13-15)26-12-11-25-18/h1-6,13H,7-12,14H2. The van der Waals surface area contributed by atoms with E-state index in [9.17, 15) is 9.18 Å². The normalized spacial score (nSPS) is 16.3. The largest absolute Gasteiger partial charge is 0.486 e. The van der Waals surface area contributed by atoms with Gasteiger partial charge in [-0.1, -0.05) is 12.1 Å². The van der Waals surface area contributed by atoms with E-state index in [4.69, 9.17) is 9.47 Å². The summed E-state index contributed by atoms with van der Waals surface area (Å²) in [4.78, 5) is 17.4. The lowest BCUT2D eigenvalue weighted by molar-refractivity contribution is -0.128. The van der Waals surface area contributed by atoms with Crippen LogP contribution in [0.15, 0.2) is 47.4 Å². The molecule has 2 aromatic carbocycles. The predicted molar refractivity (Wildman–Crippen MR) is 103 cm³/mol. The van der Waals surface area contributed by atoms with Gasteiger partial charge in [0.25, 0.3) is 0 Å². The summed E-state index contributed by atoms with van der Waals surface area (Å²) in [6, 6.07) is 12.5. The van der Waals surface area contributed by atoms with E-state index in [0.717, 1.165) is 16.4 Å². The molecule has 0 radical (unpaired) electrons. The Morgan fingerprint density at radius 3 is 2.52 bits per heavy atom. The molecule has 2 heterocycles. The Labute approximate surface area is 162 Å². The maximum absolute atomic E-state index is 13.9. The van der Waals surface area contributed by atoms with Crippen molar-refractivity contribution in [2.75, 3.05) is 50.0 Å². The number of nitrogens with zero attached hydrogens (tertiary/aromatic N) is 2. The number of ether oxygens (including phenoxy) is 2. The van der Waals surface area contributed by atoms with Crippen molar-refractivity contribution in [3.05, 3.63) is 48.3 Å². The Bertz CT molecular complexity index is 825. The van der Waals surface area contributed by atoms with Gasteiger partial charge >= 0.3 is 0 Å². The van der Waals surface area contributed by atoms with Crippen LogP contribution >= 0.6 is 11.8 Å². The summed E-state index contributed by atoms with van der Waals surface area (Å²) in [6.07, 6.45) is 0. The monoisotopic (exact) mass is 388 g/mol. The number of para-hydroxylation sites is 1. The Morgan fingerprint density at radius 2 is 1.74 bits per heavy atom. The van der Waals surface area contributed by atoms with Crippen molar-refractivity contribution in [1.82, 2.24) is 4.90 Å². The lowest BCUT2D eigenvalue weighted by Crippen LogP contribution is -2.49. The average Bonchev–Trinajstić information content (AvgIpc) is 2.72. The van der Waals surface area contributed by atoms with Crippen molar-refractivity contribution in [2.45, 2.75) is 4.90 Å². The van der Waals surface area contributed by atoms with Gasteiger partial charge in [0.1, 0.15) is 19.0 Å². The van der Waals surface area contributed by atoms with Crippen LogP contribution in [0.5, 0.6) is 11.5 Å². The van der Waals surface area contributed by atoms with Crippen LogP contribution in [0.4, 0.5) is 10.1 Å². The smallest absolute Gasteiger partial charge is 0.233 e. The average molecular weight is 388 g/mol. The van der Waals surface area contributed by atoms with Crippen LogP contribution in [0.1, 0.15) is 0 Å². The molecule has 0 N–H and O–H groups in total. The zero-order chi connectivity index (χ0) is 18.6. The van der Waals surface area contributed by atoms with Crippen LogP contribution in [0.2, 0.25) is 0 Å². The molecular formula is C20H21FN2O3S. The molecule has 2 aromatic rings. The van der Waals surface area contributed by atoms with E-state index >= 15 is 0 Å². The summed E-state index contributed by atoms with van der Waals surface area (Å²) in [5.41, 5.74) is 0.607. The van der Waals surface area contributed by atoms with Crippen LogP contribution < -0.4 is 14.4 Å². The summed E-state index contributed by atoms with van der Waals surface area (Å²) in [6.45, 7) is 3.61. The highest BCUT2D eigenvalue weighted by Gasteiger charge is 2.23. The lowest BCUT2D eigenvalue weighted by Gasteiger charge is -2.36. The second kappa shape index (κ2) is 8.08. The molecule has 27 heavy (non-hydrogen) atoms. The number of hydrogen-bond donors (Lipinski definition) is 0. The molecule has 0 aliphatic carbocycles. The van der Waals surface area contributed by atoms with E-state index in [-0.39, 0.29) is 11.7 Å². The highest BCUT2D eigenvalue weighted by atomic mass is 32.2. The van der Waals surface area contributed by atoms with Crippen LogP contribution in [0.3, 0.4) is 0 Å². The summed E-state index contributed by atoms with van der Waals surface area (Å²) in [5, 5.41) is 0. The Balaban J connectivity index is 1.29. The highest BCUT2D eigenvalue weighted by molar-refractivity contribution is 8.00. The van der Waals surface area contributed by atoms with Gasteiger partial charge in [0.05, 0.1) is 11.4 Å². The number of amides is 1. The molecule has 0 bridgehead atoms.